The number of amidine groups is 1. The predicted octanol–water partition coefficient (Wildman–Crippen LogP) is 4.82. The van der Waals surface area contributed by atoms with Gasteiger partial charge in [0.1, 0.15) is 30.0 Å². The molecule has 0 aliphatic carbocycles. The first-order valence-electron chi connectivity index (χ1n) is 12.4. The summed E-state index contributed by atoms with van der Waals surface area (Å²) in [6.07, 6.45) is 6.73. The molecule has 0 radical (unpaired) electrons. The fourth-order valence-corrected chi connectivity index (χ4v) is 4.96. The second-order valence-corrected chi connectivity index (χ2v) is 9.33. The quantitative estimate of drug-likeness (QED) is 0.504. The highest BCUT2D eigenvalue weighted by Crippen LogP contribution is 2.43. The summed E-state index contributed by atoms with van der Waals surface area (Å²) >= 11 is 0. The van der Waals surface area contributed by atoms with Crippen molar-refractivity contribution in [2.24, 2.45) is 4.99 Å². The standard InChI is InChI=1S/C27H25F2N7O2/c28-18-5-3-17(4-6-18)23-24(36-14-15-38-27(36)34-23)22-11-12-30-25(33-22)31-21-2-1-13-35(16-21)26(37)32-20-9-7-19(29)8-10-20/h3-12,14-15,21,23-24H,1-2,13,16H2,(H,32,37)(H,30,31,33)/t21-,23?,24?/m1/s1. The van der Waals surface area contributed by atoms with Crippen LogP contribution in [0.4, 0.5) is 25.2 Å². The number of urea groups is 1. The third-order valence-electron chi connectivity index (χ3n) is 6.79. The summed E-state index contributed by atoms with van der Waals surface area (Å²) in [5, 5.41) is 6.19. The molecule has 3 aromatic rings. The molecular weight excluding hydrogens is 492 g/mol. The lowest BCUT2D eigenvalue weighted by atomic mass is 9.97. The summed E-state index contributed by atoms with van der Waals surface area (Å²) in [5.74, 6) is -0.220. The number of hydrogen-bond acceptors (Lipinski definition) is 7. The van der Waals surface area contributed by atoms with Crippen LogP contribution in [0.1, 0.15) is 36.2 Å². The number of likely N-dealkylation sites (tertiary alicyclic amines) is 1. The van der Waals surface area contributed by atoms with Crippen molar-refractivity contribution in [3.63, 3.8) is 0 Å². The molecule has 2 unspecified atom stereocenters. The number of anilines is 2. The van der Waals surface area contributed by atoms with E-state index in [9.17, 15) is 13.6 Å². The van der Waals surface area contributed by atoms with Crippen molar-refractivity contribution in [2.45, 2.75) is 31.0 Å². The van der Waals surface area contributed by atoms with Gasteiger partial charge in [0.25, 0.3) is 6.02 Å². The highest BCUT2D eigenvalue weighted by molar-refractivity contribution is 5.89. The van der Waals surface area contributed by atoms with Crippen molar-refractivity contribution in [3.8, 4) is 0 Å². The second kappa shape index (κ2) is 10.1. The molecule has 1 aromatic heterocycles. The Labute approximate surface area is 217 Å². The number of fused-ring (bicyclic) bond motifs is 1. The number of nitrogens with zero attached hydrogens (tertiary/aromatic N) is 5. The number of nitrogens with one attached hydrogen (secondary N) is 2. The predicted molar refractivity (Wildman–Crippen MR) is 137 cm³/mol. The van der Waals surface area contributed by atoms with Gasteiger partial charge in [-0.15, -0.1) is 0 Å². The zero-order valence-electron chi connectivity index (χ0n) is 20.3. The zero-order valence-corrected chi connectivity index (χ0v) is 20.3. The molecule has 6 rings (SSSR count). The molecule has 0 bridgehead atoms. The van der Waals surface area contributed by atoms with Crippen LogP contribution in [0, 0.1) is 11.6 Å². The lowest BCUT2D eigenvalue weighted by molar-refractivity contribution is 0.195. The van der Waals surface area contributed by atoms with Crippen LogP contribution in [0.25, 0.3) is 0 Å². The van der Waals surface area contributed by atoms with Crippen molar-refractivity contribution in [1.82, 2.24) is 19.8 Å². The molecule has 1 saturated heterocycles. The molecule has 2 N–H and O–H groups in total. The average Bonchev–Trinajstić information content (AvgIpc) is 3.52. The minimum Gasteiger partial charge on any atom is -0.432 e. The molecule has 3 aliphatic rings. The van der Waals surface area contributed by atoms with Crippen LogP contribution in [0.5, 0.6) is 0 Å². The Morgan fingerprint density at radius 3 is 2.58 bits per heavy atom. The van der Waals surface area contributed by atoms with Gasteiger partial charge < -0.3 is 20.3 Å². The van der Waals surface area contributed by atoms with Gasteiger partial charge in [-0.05, 0) is 60.9 Å². The largest absolute Gasteiger partial charge is 0.432 e. The fourth-order valence-electron chi connectivity index (χ4n) is 4.96. The van der Waals surface area contributed by atoms with Crippen LogP contribution in [0.2, 0.25) is 0 Å². The summed E-state index contributed by atoms with van der Waals surface area (Å²) in [5.41, 5.74) is 2.11. The molecule has 2 aromatic carbocycles. The van der Waals surface area contributed by atoms with E-state index in [4.69, 9.17) is 14.7 Å². The number of hydrogen-bond donors (Lipinski definition) is 2. The highest BCUT2D eigenvalue weighted by atomic mass is 19.1. The van der Waals surface area contributed by atoms with Gasteiger partial charge >= 0.3 is 6.03 Å². The first-order chi connectivity index (χ1) is 18.5. The molecule has 2 amide bonds. The van der Waals surface area contributed by atoms with Crippen LogP contribution in [0.15, 0.2) is 78.2 Å². The summed E-state index contributed by atoms with van der Waals surface area (Å²) in [4.78, 5) is 30.3. The Balaban J connectivity index is 1.16. The smallest absolute Gasteiger partial charge is 0.321 e. The number of aromatic nitrogens is 2. The van der Waals surface area contributed by atoms with Crippen LogP contribution in [-0.2, 0) is 4.74 Å². The van der Waals surface area contributed by atoms with Crippen LogP contribution in [0.3, 0.4) is 0 Å². The van der Waals surface area contributed by atoms with E-state index in [1.54, 1.807) is 35.7 Å². The SMILES string of the molecule is O=C(Nc1ccc(F)cc1)N1CCC[C@@H](Nc2nccc(C3C(c4ccc(F)cc4)N=C4OC=CN43)n2)C1. The normalized spacial score (nSPS) is 22.1. The number of benzene rings is 2. The van der Waals surface area contributed by atoms with Crippen LogP contribution in [-0.4, -0.2) is 51.0 Å². The third kappa shape index (κ3) is 4.86. The molecule has 194 valence electrons. The fraction of sp³-hybridized carbons (Fsp3) is 0.259. The number of carbonyl (C=O) groups excluding carboxylic acids is 1. The zero-order chi connectivity index (χ0) is 26.1. The topological polar surface area (TPSA) is 95.0 Å². The van der Waals surface area contributed by atoms with E-state index in [2.05, 4.69) is 15.6 Å². The maximum absolute atomic E-state index is 13.5. The minimum atomic E-state index is -0.356. The molecular formula is C27H25F2N7O2. The average molecular weight is 518 g/mol. The molecule has 38 heavy (non-hydrogen) atoms. The molecule has 1 fully saturated rings. The molecule has 3 atom stereocenters. The maximum atomic E-state index is 13.5. The van der Waals surface area contributed by atoms with Crippen molar-refractivity contribution < 1.29 is 18.3 Å². The van der Waals surface area contributed by atoms with E-state index in [1.165, 1.54) is 36.4 Å². The summed E-state index contributed by atoms with van der Waals surface area (Å²) in [6, 6.07) is 13.3. The van der Waals surface area contributed by atoms with Gasteiger partial charge in [-0.2, -0.15) is 0 Å². The lowest BCUT2D eigenvalue weighted by Crippen LogP contribution is -2.47. The molecule has 4 heterocycles. The number of rotatable bonds is 5. The summed E-state index contributed by atoms with van der Waals surface area (Å²) in [6.45, 7) is 1.09. The van der Waals surface area contributed by atoms with Crippen molar-refractivity contribution in [1.29, 1.82) is 0 Å². The van der Waals surface area contributed by atoms with Gasteiger partial charge in [0.15, 0.2) is 0 Å². The monoisotopic (exact) mass is 517 g/mol. The Hall–Kier alpha value is -4.54. The summed E-state index contributed by atoms with van der Waals surface area (Å²) < 4.78 is 32.3. The molecule has 3 aliphatic heterocycles. The number of carbonyl (C=O) groups is 1. The Morgan fingerprint density at radius 1 is 1.03 bits per heavy atom. The van der Waals surface area contributed by atoms with Crippen molar-refractivity contribution >= 4 is 23.7 Å². The van der Waals surface area contributed by atoms with E-state index >= 15 is 0 Å². The molecule has 11 heteroatoms. The number of aliphatic imine (C=N–C) groups is 1. The number of piperidine rings is 1. The van der Waals surface area contributed by atoms with Crippen LogP contribution >= 0.6 is 0 Å². The number of amides is 2. The van der Waals surface area contributed by atoms with E-state index < -0.39 is 0 Å². The Kier molecular flexibility index (Phi) is 6.32. The summed E-state index contributed by atoms with van der Waals surface area (Å²) in [7, 11) is 0. The van der Waals surface area contributed by atoms with Gasteiger partial charge in [0.05, 0.1) is 5.69 Å². The Morgan fingerprint density at radius 2 is 1.79 bits per heavy atom. The van der Waals surface area contributed by atoms with E-state index in [0.717, 1.165) is 24.1 Å². The van der Waals surface area contributed by atoms with E-state index in [1.807, 2.05) is 11.0 Å². The molecule has 0 saturated carbocycles. The molecule has 0 spiro atoms. The van der Waals surface area contributed by atoms with Crippen LogP contribution < -0.4 is 10.6 Å². The van der Waals surface area contributed by atoms with Crippen molar-refractivity contribution in [3.05, 3.63) is 96.1 Å². The maximum Gasteiger partial charge on any atom is 0.321 e. The van der Waals surface area contributed by atoms with Gasteiger partial charge in [0, 0.05) is 37.2 Å². The highest BCUT2D eigenvalue weighted by Gasteiger charge is 2.41. The first kappa shape index (κ1) is 23.8. The van der Waals surface area contributed by atoms with Gasteiger partial charge in [-0.3, -0.25) is 4.90 Å². The molecule has 9 nitrogen and oxygen atoms in total. The van der Waals surface area contributed by atoms with E-state index in [-0.39, 0.29) is 35.8 Å². The first-order valence-corrected chi connectivity index (χ1v) is 12.4. The lowest BCUT2D eigenvalue weighted by Gasteiger charge is -2.33. The third-order valence-corrected chi connectivity index (χ3v) is 6.79. The van der Waals surface area contributed by atoms with Crippen molar-refractivity contribution in [2.75, 3.05) is 23.7 Å². The van der Waals surface area contributed by atoms with Gasteiger partial charge in [-0.1, -0.05) is 12.1 Å². The van der Waals surface area contributed by atoms with E-state index in [0.29, 0.717) is 30.7 Å². The number of ether oxygens (including phenoxy) is 1. The Bertz CT molecular complexity index is 1380. The number of halogens is 2. The second-order valence-electron chi connectivity index (χ2n) is 9.33. The van der Waals surface area contributed by atoms with Gasteiger partial charge in [-0.25, -0.2) is 28.5 Å². The van der Waals surface area contributed by atoms with Gasteiger partial charge in [0.2, 0.25) is 5.95 Å². The minimum absolute atomic E-state index is 0.0451.